The van der Waals surface area contributed by atoms with Crippen LogP contribution in [0, 0.1) is 0 Å². The van der Waals surface area contributed by atoms with Crippen molar-refractivity contribution < 1.29 is 9.47 Å². The van der Waals surface area contributed by atoms with Crippen LogP contribution in [0.5, 0.6) is 0 Å². The quantitative estimate of drug-likeness (QED) is 0.856. The number of nitrogens with zero attached hydrogens (tertiary/aromatic N) is 5. The Morgan fingerprint density at radius 1 is 1.09 bits per heavy atom. The second-order valence-corrected chi connectivity index (χ2v) is 6.10. The molecule has 0 saturated carbocycles. The molecule has 23 heavy (non-hydrogen) atoms. The molecule has 2 aliphatic rings. The number of hydrogen-bond donors (Lipinski definition) is 0. The third-order valence-electron chi connectivity index (χ3n) is 4.79. The Bertz CT molecular complexity index is 644. The molecule has 122 valence electrons. The highest BCUT2D eigenvalue weighted by molar-refractivity contribution is 5.30. The Hall–Kier alpha value is -1.83. The fourth-order valence-electron chi connectivity index (χ4n) is 3.41. The van der Waals surface area contributed by atoms with E-state index in [0.29, 0.717) is 13.2 Å². The SMILES string of the molecule is C[C@H](c1nnnn1-c1ccccc1)N1CCC2(CC1)OCCO2. The molecule has 7 heteroatoms. The molecule has 2 aromatic rings. The first-order chi connectivity index (χ1) is 11.3. The van der Waals surface area contributed by atoms with Crippen molar-refractivity contribution in [2.45, 2.75) is 31.6 Å². The van der Waals surface area contributed by atoms with Crippen molar-refractivity contribution in [3.63, 3.8) is 0 Å². The minimum atomic E-state index is -0.346. The van der Waals surface area contributed by atoms with E-state index in [1.54, 1.807) is 0 Å². The summed E-state index contributed by atoms with van der Waals surface area (Å²) >= 11 is 0. The van der Waals surface area contributed by atoms with E-state index in [-0.39, 0.29) is 11.8 Å². The maximum absolute atomic E-state index is 5.80. The number of ether oxygens (including phenoxy) is 2. The number of rotatable bonds is 3. The summed E-state index contributed by atoms with van der Waals surface area (Å²) in [4.78, 5) is 2.39. The third-order valence-corrected chi connectivity index (χ3v) is 4.79. The first-order valence-electron chi connectivity index (χ1n) is 8.13. The highest BCUT2D eigenvalue weighted by atomic mass is 16.7. The Labute approximate surface area is 135 Å². The van der Waals surface area contributed by atoms with Gasteiger partial charge in [-0.1, -0.05) is 18.2 Å². The van der Waals surface area contributed by atoms with Gasteiger partial charge in [-0.05, 0) is 29.5 Å². The number of para-hydroxylation sites is 1. The fraction of sp³-hybridized carbons (Fsp3) is 0.562. The van der Waals surface area contributed by atoms with Gasteiger partial charge in [0.05, 0.1) is 24.9 Å². The summed E-state index contributed by atoms with van der Waals surface area (Å²) in [5, 5.41) is 12.3. The molecule has 4 rings (SSSR count). The summed E-state index contributed by atoms with van der Waals surface area (Å²) in [6, 6.07) is 10.1. The van der Waals surface area contributed by atoms with Crippen LogP contribution >= 0.6 is 0 Å². The molecule has 2 fully saturated rings. The minimum absolute atomic E-state index is 0.143. The van der Waals surface area contributed by atoms with Gasteiger partial charge in [-0.25, -0.2) is 0 Å². The average Bonchev–Trinajstić information content (AvgIpc) is 3.26. The fourth-order valence-corrected chi connectivity index (χ4v) is 3.41. The van der Waals surface area contributed by atoms with Crippen LogP contribution < -0.4 is 0 Å². The van der Waals surface area contributed by atoms with Crippen molar-refractivity contribution in [1.82, 2.24) is 25.1 Å². The Morgan fingerprint density at radius 3 is 2.48 bits per heavy atom. The Kier molecular flexibility index (Phi) is 3.84. The molecule has 0 radical (unpaired) electrons. The molecular formula is C16H21N5O2. The zero-order valence-electron chi connectivity index (χ0n) is 13.3. The summed E-state index contributed by atoms with van der Waals surface area (Å²) < 4.78 is 13.4. The van der Waals surface area contributed by atoms with Crippen LogP contribution in [0.4, 0.5) is 0 Å². The predicted molar refractivity (Wildman–Crippen MR) is 83.0 cm³/mol. The van der Waals surface area contributed by atoms with Gasteiger partial charge in [-0.2, -0.15) is 4.68 Å². The van der Waals surface area contributed by atoms with Gasteiger partial charge in [0, 0.05) is 25.9 Å². The minimum Gasteiger partial charge on any atom is -0.347 e. The Balaban J connectivity index is 1.50. The van der Waals surface area contributed by atoms with E-state index in [2.05, 4.69) is 27.3 Å². The average molecular weight is 315 g/mol. The molecule has 2 saturated heterocycles. The number of likely N-dealkylation sites (tertiary alicyclic amines) is 1. The number of piperidine rings is 1. The summed E-state index contributed by atoms with van der Waals surface area (Å²) in [6.07, 6.45) is 1.79. The van der Waals surface area contributed by atoms with Gasteiger partial charge in [0.2, 0.25) is 0 Å². The van der Waals surface area contributed by atoms with E-state index < -0.39 is 0 Å². The highest BCUT2D eigenvalue weighted by Crippen LogP contribution is 2.34. The largest absolute Gasteiger partial charge is 0.347 e. The van der Waals surface area contributed by atoms with E-state index in [1.807, 2.05) is 35.0 Å². The van der Waals surface area contributed by atoms with Crippen molar-refractivity contribution in [1.29, 1.82) is 0 Å². The predicted octanol–water partition coefficient (Wildman–Crippen LogP) is 1.56. The van der Waals surface area contributed by atoms with Gasteiger partial charge in [-0.15, -0.1) is 5.10 Å². The van der Waals surface area contributed by atoms with Crippen LogP contribution in [0.15, 0.2) is 30.3 Å². The highest BCUT2D eigenvalue weighted by Gasteiger charge is 2.41. The zero-order valence-corrected chi connectivity index (χ0v) is 13.3. The van der Waals surface area contributed by atoms with E-state index in [1.165, 1.54) is 0 Å². The van der Waals surface area contributed by atoms with Crippen molar-refractivity contribution in [2.75, 3.05) is 26.3 Å². The number of tetrazole rings is 1. The molecule has 0 N–H and O–H groups in total. The molecule has 7 nitrogen and oxygen atoms in total. The molecular weight excluding hydrogens is 294 g/mol. The van der Waals surface area contributed by atoms with Crippen molar-refractivity contribution in [3.8, 4) is 5.69 Å². The van der Waals surface area contributed by atoms with Gasteiger partial charge >= 0.3 is 0 Å². The molecule has 0 bridgehead atoms. The lowest BCUT2D eigenvalue weighted by Gasteiger charge is -2.39. The summed E-state index contributed by atoms with van der Waals surface area (Å²) in [5.74, 6) is 0.516. The molecule has 1 atom stereocenters. The lowest BCUT2D eigenvalue weighted by atomic mass is 10.0. The van der Waals surface area contributed by atoms with E-state index >= 15 is 0 Å². The van der Waals surface area contributed by atoms with Crippen LogP contribution in [-0.2, 0) is 9.47 Å². The van der Waals surface area contributed by atoms with Crippen LogP contribution in [-0.4, -0.2) is 57.2 Å². The van der Waals surface area contributed by atoms with Crippen LogP contribution in [0.25, 0.3) is 5.69 Å². The molecule has 1 aromatic carbocycles. The van der Waals surface area contributed by atoms with Crippen LogP contribution in [0.3, 0.4) is 0 Å². The monoisotopic (exact) mass is 315 g/mol. The Morgan fingerprint density at radius 2 is 1.78 bits per heavy atom. The normalized spacial score (nSPS) is 22.5. The standard InChI is InChI=1S/C16H21N5O2/c1-13(20-9-7-16(8-10-20)22-11-12-23-16)15-17-18-19-21(15)14-5-3-2-4-6-14/h2-6,13H,7-12H2,1H3/t13-/m1/s1. The van der Waals surface area contributed by atoms with Gasteiger partial charge in [0.1, 0.15) is 0 Å². The summed E-state index contributed by atoms with van der Waals surface area (Å²) in [6.45, 7) is 5.41. The van der Waals surface area contributed by atoms with E-state index in [9.17, 15) is 0 Å². The summed E-state index contributed by atoms with van der Waals surface area (Å²) in [7, 11) is 0. The maximum atomic E-state index is 5.80. The second kappa shape index (κ2) is 5.99. The van der Waals surface area contributed by atoms with E-state index in [4.69, 9.17) is 9.47 Å². The number of aromatic nitrogens is 4. The first-order valence-corrected chi connectivity index (χ1v) is 8.13. The topological polar surface area (TPSA) is 65.3 Å². The molecule has 1 aromatic heterocycles. The molecule has 0 amide bonds. The lowest BCUT2D eigenvalue weighted by Crippen LogP contribution is -2.46. The molecule has 0 unspecified atom stereocenters. The maximum Gasteiger partial charge on any atom is 0.173 e. The molecule has 2 aliphatic heterocycles. The van der Waals surface area contributed by atoms with Crippen LogP contribution in [0.2, 0.25) is 0 Å². The number of benzene rings is 1. The zero-order chi connectivity index (χ0) is 15.7. The summed E-state index contributed by atoms with van der Waals surface area (Å²) in [5.41, 5.74) is 0.982. The van der Waals surface area contributed by atoms with Gasteiger partial charge < -0.3 is 9.47 Å². The molecule has 1 spiro atoms. The van der Waals surface area contributed by atoms with Gasteiger partial charge in [-0.3, -0.25) is 4.90 Å². The molecule has 3 heterocycles. The van der Waals surface area contributed by atoms with Crippen molar-refractivity contribution in [2.24, 2.45) is 0 Å². The van der Waals surface area contributed by atoms with Crippen molar-refractivity contribution >= 4 is 0 Å². The third kappa shape index (κ3) is 2.75. The first kappa shape index (κ1) is 14.7. The lowest BCUT2D eigenvalue weighted by molar-refractivity contribution is -0.187. The van der Waals surface area contributed by atoms with Crippen molar-refractivity contribution in [3.05, 3.63) is 36.2 Å². The van der Waals surface area contributed by atoms with E-state index in [0.717, 1.165) is 37.4 Å². The van der Waals surface area contributed by atoms with Crippen LogP contribution in [0.1, 0.15) is 31.6 Å². The second-order valence-electron chi connectivity index (χ2n) is 6.10. The smallest absolute Gasteiger partial charge is 0.173 e. The van der Waals surface area contributed by atoms with Gasteiger partial charge in [0.15, 0.2) is 11.6 Å². The number of hydrogen-bond acceptors (Lipinski definition) is 6. The van der Waals surface area contributed by atoms with Gasteiger partial charge in [0.25, 0.3) is 0 Å². The molecule has 0 aliphatic carbocycles.